The van der Waals surface area contributed by atoms with E-state index in [1.165, 1.54) is 12.1 Å². The summed E-state index contributed by atoms with van der Waals surface area (Å²) in [6, 6.07) is 15.8. The maximum atomic E-state index is 12.9. The number of hydrogen-bond acceptors (Lipinski definition) is 3. The number of halogens is 1. The molecule has 0 fully saturated rings. The fourth-order valence-electron chi connectivity index (χ4n) is 3.17. The summed E-state index contributed by atoms with van der Waals surface area (Å²) in [7, 11) is 0. The van der Waals surface area contributed by atoms with E-state index in [9.17, 15) is 9.18 Å². The molecule has 6 heteroatoms. The van der Waals surface area contributed by atoms with Crippen molar-refractivity contribution in [2.75, 3.05) is 6.61 Å². The van der Waals surface area contributed by atoms with E-state index in [4.69, 9.17) is 4.74 Å². The second-order valence-corrected chi connectivity index (χ2v) is 6.69. The SMILES string of the molecule is CCOc1ccc(-n2c(C)cc(/C=N/NC(=O)Cc3ccc(F)cc3)c2C)cc1. The molecule has 150 valence electrons. The van der Waals surface area contributed by atoms with Crippen LogP contribution in [0.4, 0.5) is 4.39 Å². The fraction of sp³-hybridized carbons (Fsp3) is 0.217. The third-order valence-corrected chi connectivity index (χ3v) is 4.55. The van der Waals surface area contributed by atoms with Crippen molar-refractivity contribution in [1.29, 1.82) is 0 Å². The highest BCUT2D eigenvalue weighted by Gasteiger charge is 2.10. The van der Waals surface area contributed by atoms with Crippen LogP contribution >= 0.6 is 0 Å². The first-order valence-electron chi connectivity index (χ1n) is 9.46. The normalized spacial score (nSPS) is 11.0. The quantitative estimate of drug-likeness (QED) is 0.480. The Bertz CT molecular complexity index is 1010. The van der Waals surface area contributed by atoms with Crippen LogP contribution in [0.1, 0.15) is 29.4 Å². The molecular weight excluding hydrogens is 369 g/mol. The van der Waals surface area contributed by atoms with Gasteiger partial charge >= 0.3 is 0 Å². The number of nitrogens with zero attached hydrogens (tertiary/aromatic N) is 2. The van der Waals surface area contributed by atoms with Crippen LogP contribution < -0.4 is 10.2 Å². The van der Waals surface area contributed by atoms with E-state index in [0.717, 1.165) is 34.0 Å². The van der Waals surface area contributed by atoms with Gasteiger partial charge in [0.05, 0.1) is 19.2 Å². The van der Waals surface area contributed by atoms with Gasteiger partial charge in [0.15, 0.2) is 0 Å². The number of carbonyl (C=O) groups excluding carboxylic acids is 1. The van der Waals surface area contributed by atoms with E-state index >= 15 is 0 Å². The van der Waals surface area contributed by atoms with Gasteiger partial charge in [-0.15, -0.1) is 0 Å². The van der Waals surface area contributed by atoms with E-state index < -0.39 is 0 Å². The van der Waals surface area contributed by atoms with Crippen LogP contribution in [0.15, 0.2) is 59.7 Å². The van der Waals surface area contributed by atoms with Crippen molar-refractivity contribution in [3.8, 4) is 11.4 Å². The van der Waals surface area contributed by atoms with Gasteiger partial charge in [-0.2, -0.15) is 5.10 Å². The smallest absolute Gasteiger partial charge is 0.244 e. The second-order valence-electron chi connectivity index (χ2n) is 6.69. The third kappa shape index (κ3) is 5.10. The number of rotatable bonds is 7. The minimum absolute atomic E-state index is 0.142. The van der Waals surface area contributed by atoms with Crippen molar-refractivity contribution in [2.45, 2.75) is 27.2 Å². The summed E-state index contributed by atoms with van der Waals surface area (Å²) >= 11 is 0. The highest BCUT2D eigenvalue weighted by atomic mass is 19.1. The Balaban J connectivity index is 1.67. The highest BCUT2D eigenvalue weighted by molar-refractivity contribution is 5.84. The lowest BCUT2D eigenvalue weighted by molar-refractivity contribution is -0.120. The van der Waals surface area contributed by atoms with E-state index in [1.807, 2.05) is 51.1 Å². The summed E-state index contributed by atoms with van der Waals surface area (Å²) in [4.78, 5) is 12.0. The van der Waals surface area contributed by atoms with Crippen molar-refractivity contribution in [1.82, 2.24) is 9.99 Å². The fourth-order valence-corrected chi connectivity index (χ4v) is 3.17. The standard InChI is InChI=1S/C23H24FN3O2/c1-4-29-22-11-9-21(10-12-22)27-16(2)13-19(17(27)3)15-25-26-23(28)14-18-5-7-20(24)8-6-18/h5-13,15H,4,14H2,1-3H3,(H,26,28)/b25-15+. The zero-order valence-corrected chi connectivity index (χ0v) is 16.8. The number of hydrogen-bond donors (Lipinski definition) is 1. The highest BCUT2D eigenvalue weighted by Crippen LogP contribution is 2.22. The Morgan fingerprint density at radius 1 is 1.14 bits per heavy atom. The van der Waals surface area contributed by atoms with Crippen molar-refractivity contribution < 1.29 is 13.9 Å². The van der Waals surface area contributed by atoms with Gasteiger partial charge in [0.2, 0.25) is 5.91 Å². The average Bonchev–Trinajstić information content (AvgIpc) is 2.98. The number of hydrazone groups is 1. The molecule has 0 unspecified atom stereocenters. The number of nitrogens with one attached hydrogen (secondary N) is 1. The molecule has 0 spiro atoms. The van der Waals surface area contributed by atoms with Gasteiger partial charge in [-0.25, -0.2) is 9.82 Å². The largest absolute Gasteiger partial charge is 0.494 e. The molecule has 1 amide bonds. The Morgan fingerprint density at radius 3 is 2.48 bits per heavy atom. The molecule has 29 heavy (non-hydrogen) atoms. The number of benzene rings is 2. The molecule has 0 radical (unpaired) electrons. The minimum atomic E-state index is -0.324. The number of aryl methyl sites for hydroxylation is 1. The van der Waals surface area contributed by atoms with Crippen LogP contribution in [0.5, 0.6) is 5.75 Å². The van der Waals surface area contributed by atoms with Crippen LogP contribution in [-0.2, 0) is 11.2 Å². The van der Waals surface area contributed by atoms with Crippen molar-refractivity contribution in [2.24, 2.45) is 5.10 Å². The van der Waals surface area contributed by atoms with Gasteiger partial charge in [-0.05, 0) is 68.8 Å². The second kappa shape index (κ2) is 9.19. The zero-order chi connectivity index (χ0) is 20.8. The van der Waals surface area contributed by atoms with Gasteiger partial charge in [-0.3, -0.25) is 4.79 Å². The maximum Gasteiger partial charge on any atom is 0.244 e. The van der Waals surface area contributed by atoms with Crippen LogP contribution in [0.3, 0.4) is 0 Å². The molecular formula is C23H24FN3O2. The lowest BCUT2D eigenvalue weighted by atomic mass is 10.1. The Hall–Kier alpha value is -3.41. The predicted molar refractivity (Wildman–Crippen MR) is 112 cm³/mol. The van der Waals surface area contributed by atoms with Crippen LogP contribution in [0, 0.1) is 19.7 Å². The van der Waals surface area contributed by atoms with Crippen molar-refractivity contribution in [3.63, 3.8) is 0 Å². The summed E-state index contributed by atoms with van der Waals surface area (Å²) in [6.07, 6.45) is 1.78. The molecule has 0 saturated carbocycles. The first-order valence-corrected chi connectivity index (χ1v) is 9.46. The minimum Gasteiger partial charge on any atom is -0.494 e. The molecule has 0 bridgehead atoms. The molecule has 0 atom stereocenters. The van der Waals surface area contributed by atoms with Gasteiger partial charge in [0.25, 0.3) is 0 Å². The van der Waals surface area contributed by atoms with Crippen LogP contribution in [0.25, 0.3) is 5.69 Å². The Kier molecular flexibility index (Phi) is 6.44. The molecule has 1 heterocycles. The molecule has 3 rings (SSSR count). The number of aromatic nitrogens is 1. The molecule has 0 aliphatic heterocycles. The first-order chi connectivity index (χ1) is 14.0. The van der Waals surface area contributed by atoms with E-state index in [0.29, 0.717) is 6.61 Å². The Morgan fingerprint density at radius 2 is 1.83 bits per heavy atom. The van der Waals surface area contributed by atoms with Crippen LogP contribution in [-0.4, -0.2) is 23.3 Å². The van der Waals surface area contributed by atoms with Gasteiger partial charge in [0, 0.05) is 22.6 Å². The summed E-state index contributed by atoms with van der Waals surface area (Å²) in [5.74, 6) is 0.257. The van der Waals surface area contributed by atoms with Gasteiger partial charge in [0.1, 0.15) is 11.6 Å². The molecule has 3 aromatic rings. The van der Waals surface area contributed by atoms with Crippen molar-refractivity contribution >= 4 is 12.1 Å². The van der Waals surface area contributed by atoms with Gasteiger partial charge in [-0.1, -0.05) is 12.1 Å². The summed E-state index contributed by atoms with van der Waals surface area (Å²) in [5.41, 5.74) is 7.28. The van der Waals surface area contributed by atoms with E-state index in [1.54, 1.807) is 18.3 Å². The van der Waals surface area contributed by atoms with E-state index in [-0.39, 0.29) is 18.1 Å². The van der Waals surface area contributed by atoms with Crippen LogP contribution in [0.2, 0.25) is 0 Å². The number of ether oxygens (including phenoxy) is 1. The molecule has 0 aliphatic carbocycles. The number of carbonyl (C=O) groups is 1. The average molecular weight is 393 g/mol. The molecule has 1 N–H and O–H groups in total. The molecule has 0 aliphatic rings. The lowest BCUT2D eigenvalue weighted by Gasteiger charge is -2.10. The van der Waals surface area contributed by atoms with Crippen molar-refractivity contribution in [3.05, 3.63) is 82.9 Å². The van der Waals surface area contributed by atoms with E-state index in [2.05, 4.69) is 15.1 Å². The summed E-state index contributed by atoms with van der Waals surface area (Å²) < 4.78 is 20.6. The third-order valence-electron chi connectivity index (χ3n) is 4.55. The van der Waals surface area contributed by atoms with Gasteiger partial charge < -0.3 is 9.30 Å². The number of amides is 1. The Labute approximate surface area is 169 Å². The first kappa shape index (κ1) is 20.3. The monoisotopic (exact) mass is 393 g/mol. The summed E-state index contributed by atoms with van der Waals surface area (Å²) in [5, 5.41) is 4.07. The molecule has 2 aromatic carbocycles. The summed E-state index contributed by atoms with van der Waals surface area (Å²) in [6.45, 7) is 6.62. The predicted octanol–water partition coefficient (Wildman–Crippen LogP) is 4.32. The molecule has 0 saturated heterocycles. The molecule has 5 nitrogen and oxygen atoms in total. The molecule has 1 aromatic heterocycles. The zero-order valence-electron chi connectivity index (χ0n) is 16.8. The maximum absolute atomic E-state index is 12.9. The topological polar surface area (TPSA) is 55.6 Å². The lowest BCUT2D eigenvalue weighted by Crippen LogP contribution is -2.19.